The Hall–Kier alpha value is -2.90. The van der Waals surface area contributed by atoms with Gasteiger partial charge >= 0.3 is 0 Å². The number of anilines is 1. The number of hydrogen-bond acceptors (Lipinski definition) is 6. The Balaban J connectivity index is 2.27. The van der Waals surface area contributed by atoms with Crippen molar-refractivity contribution in [2.75, 3.05) is 5.73 Å². The Kier molecular flexibility index (Phi) is 2.91. The Morgan fingerprint density at radius 2 is 1.91 bits per heavy atom. The summed E-state index contributed by atoms with van der Waals surface area (Å²) >= 11 is 0. The number of primary amides is 1. The molecule has 3 aromatic rings. The van der Waals surface area contributed by atoms with E-state index in [1.165, 1.54) is 0 Å². The fraction of sp³-hybridized carbons (Fsp3) is 0.286. The lowest BCUT2D eigenvalue weighted by molar-refractivity contribution is 0.100. The van der Waals surface area contributed by atoms with Crippen molar-refractivity contribution in [3.05, 3.63) is 23.8 Å². The van der Waals surface area contributed by atoms with Gasteiger partial charge in [-0.25, -0.2) is 9.31 Å². The van der Waals surface area contributed by atoms with Crippen LogP contribution in [0.2, 0.25) is 0 Å². The molecule has 2 aromatic heterocycles. The van der Waals surface area contributed by atoms with Gasteiger partial charge in [0.25, 0.3) is 5.91 Å². The molecule has 0 aliphatic rings. The number of benzene rings is 1. The van der Waals surface area contributed by atoms with Crippen LogP contribution in [0.3, 0.4) is 0 Å². The molecule has 114 valence electrons. The highest BCUT2D eigenvalue weighted by molar-refractivity contribution is 6.03. The van der Waals surface area contributed by atoms with Crippen LogP contribution in [0.5, 0.6) is 0 Å². The number of amides is 1. The van der Waals surface area contributed by atoms with Crippen molar-refractivity contribution in [1.82, 2.24) is 20.1 Å². The molecule has 0 atom stereocenters. The predicted molar refractivity (Wildman–Crippen MR) is 81.0 cm³/mol. The van der Waals surface area contributed by atoms with E-state index < -0.39 is 5.91 Å². The first kappa shape index (κ1) is 14.1. The van der Waals surface area contributed by atoms with E-state index in [0.29, 0.717) is 22.3 Å². The van der Waals surface area contributed by atoms with Crippen LogP contribution in [0.25, 0.3) is 22.3 Å². The molecule has 1 aromatic carbocycles. The number of rotatable bonds is 2. The second-order valence-corrected chi connectivity index (χ2v) is 6.02. The van der Waals surface area contributed by atoms with Crippen LogP contribution < -0.4 is 11.5 Å². The topological polar surface area (TPSA) is 126 Å². The monoisotopic (exact) mass is 300 g/mol. The number of aromatic nitrogens is 4. The number of carbonyl (C=O) groups excluding carboxylic acids is 1. The lowest BCUT2D eigenvalue weighted by atomic mass is 10.1. The van der Waals surface area contributed by atoms with E-state index in [-0.39, 0.29) is 16.9 Å². The molecule has 0 unspecified atom stereocenters. The molecule has 0 bridgehead atoms. The summed E-state index contributed by atoms with van der Waals surface area (Å²) in [5.74, 6) is -0.380. The lowest BCUT2D eigenvalue weighted by Crippen LogP contribution is -2.25. The Bertz CT molecular complexity index is 871. The number of nitrogens with zero attached hydrogens (tertiary/aromatic N) is 4. The zero-order chi connectivity index (χ0) is 16.1. The first-order valence-electron chi connectivity index (χ1n) is 6.70. The number of hydrogen-bond donors (Lipinski definition) is 2. The average Bonchev–Trinajstić information content (AvgIpc) is 3.00. The molecule has 0 radical (unpaired) electrons. The summed E-state index contributed by atoms with van der Waals surface area (Å²) in [6, 6.07) is 5.24. The van der Waals surface area contributed by atoms with Gasteiger partial charge in [-0.05, 0) is 43.2 Å². The molecule has 0 aliphatic heterocycles. The number of nitrogen functional groups attached to an aromatic ring is 1. The summed E-state index contributed by atoms with van der Waals surface area (Å²) < 4.78 is 6.27. The number of fused-ring (bicyclic) bond motifs is 1. The van der Waals surface area contributed by atoms with E-state index in [2.05, 4.69) is 20.0 Å². The van der Waals surface area contributed by atoms with Crippen LogP contribution in [0.1, 0.15) is 31.1 Å². The molecule has 8 heteroatoms. The van der Waals surface area contributed by atoms with Crippen LogP contribution >= 0.6 is 0 Å². The van der Waals surface area contributed by atoms with Crippen molar-refractivity contribution in [1.29, 1.82) is 0 Å². The maximum Gasteiger partial charge on any atom is 0.254 e. The molecule has 8 nitrogen and oxygen atoms in total. The molecule has 0 aliphatic carbocycles. The summed E-state index contributed by atoms with van der Waals surface area (Å²) in [4.78, 5) is 11.8. The molecule has 4 N–H and O–H groups in total. The Labute approximate surface area is 126 Å². The van der Waals surface area contributed by atoms with Gasteiger partial charge in [-0.15, -0.1) is 0 Å². The first-order valence-corrected chi connectivity index (χ1v) is 6.70. The third-order valence-electron chi connectivity index (χ3n) is 3.33. The van der Waals surface area contributed by atoms with E-state index >= 15 is 0 Å². The molecular formula is C14H16N6O2. The van der Waals surface area contributed by atoms with E-state index in [1.807, 2.05) is 20.8 Å². The van der Waals surface area contributed by atoms with E-state index in [9.17, 15) is 4.79 Å². The normalized spacial score (nSPS) is 12.0. The summed E-state index contributed by atoms with van der Waals surface area (Å²) in [7, 11) is 0. The molecule has 1 amide bonds. The molecule has 3 rings (SSSR count). The summed E-state index contributed by atoms with van der Waals surface area (Å²) in [6.07, 6.45) is 0. The average molecular weight is 300 g/mol. The van der Waals surface area contributed by atoms with Crippen LogP contribution in [-0.4, -0.2) is 26.0 Å². The smallest absolute Gasteiger partial charge is 0.254 e. The van der Waals surface area contributed by atoms with Gasteiger partial charge in [0.15, 0.2) is 0 Å². The molecule has 2 heterocycles. The second-order valence-electron chi connectivity index (χ2n) is 6.02. The Morgan fingerprint density at radius 3 is 2.55 bits per heavy atom. The molecule has 0 saturated carbocycles. The largest absolute Gasteiger partial charge is 0.383 e. The van der Waals surface area contributed by atoms with Gasteiger partial charge in [0.2, 0.25) is 0 Å². The highest BCUT2D eigenvalue weighted by atomic mass is 16.6. The highest BCUT2D eigenvalue weighted by Crippen LogP contribution is 2.31. The fourth-order valence-electron chi connectivity index (χ4n) is 2.32. The molecule has 0 spiro atoms. The minimum absolute atomic E-state index is 0.200. The third-order valence-corrected chi connectivity index (χ3v) is 3.33. The second kappa shape index (κ2) is 4.55. The summed E-state index contributed by atoms with van der Waals surface area (Å²) in [6.45, 7) is 5.82. The van der Waals surface area contributed by atoms with Gasteiger partial charge in [0.1, 0.15) is 28.1 Å². The van der Waals surface area contributed by atoms with Crippen LogP contribution in [-0.2, 0) is 5.54 Å². The third kappa shape index (κ3) is 2.09. The van der Waals surface area contributed by atoms with Crippen molar-refractivity contribution >= 4 is 22.8 Å². The molecular weight excluding hydrogens is 284 g/mol. The molecule has 22 heavy (non-hydrogen) atoms. The van der Waals surface area contributed by atoms with Crippen molar-refractivity contribution < 1.29 is 9.42 Å². The summed E-state index contributed by atoms with van der Waals surface area (Å²) in [5.41, 5.74) is 13.7. The maximum atomic E-state index is 11.8. The lowest BCUT2D eigenvalue weighted by Gasteiger charge is -2.20. The maximum absolute atomic E-state index is 11.8. The quantitative estimate of drug-likeness (QED) is 0.739. The van der Waals surface area contributed by atoms with Gasteiger partial charge in [-0.2, -0.15) is 5.10 Å². The number of nitrogens with two attached hydrogens (primary N) is 2. The van der Waals surface area contributed by atoms with Crippen LogP contribution in [0.4, 0.5) is 5.82 Å². The van der Waals surface area contributed by atoms with Crippen LogP contribution in [0.15, 0.2) is 22.8 Å². The zero-order valence-electron chi connectivity index (χ0n) is 12.5. The fourth-order valence-corrected chi connectivity index (χ4v) is 2.32. The number of carbonyl (C=O) groups is 1. The van der Waals surface area contributed by atoms with E-state index in [0.717, 1.165) is 0 Å². The SMILES string of the molecule is CC(C)(C)n1nc(-c2ccc3nonc3c2)c(C(N)=O)c1N. The van der Waals surface area contributed by atoms with Gasteiger partial charge in [-0.3, -0.25) is 4.79 Å². The minimum Gasteiger partial charge on any atom is -0.383 e. The van der Waals surface area contributed by atoms with E-state index in [4.69, 9.17) is 11.5 Å². The molecule has 0 saturated heterocycles. The van der Waals surface area contributed by atoms with Gasteiger partial charge < -0.3 is 11.5 Å². The predicted octanol–water partition coefficient (Wildman–Crippen LogP) is 1.52. The zero-order valence-corrected chi connectivity index (χ0v) is 12.5. The summed E-state index contributed by atoms with van der Waals surface area (Å²) in [5, 5.41) is 12.0. The van der Waals surface area contributed by atoms with Crippen molar-refractivity contribution in [3.63, 3.8) is 0 Å². The van der Waals surface area contributed by atoms with Gasteiger partial charge in [-0.1, -0.05) is 6.07 Å². The van der Waals surface area contributed by atoms with Crippen molar-refractivity contribution in [2.45, 2.75) is 26.3 Å². The highest BCUT2D eigenvalue weighted by Gasteiger charge is 2.27. The van der Waals surface area contributed by atoms with E-state index in [1.54, 1.807) is 22.9 Å². The Morgan fingerprint density at radius 1 is 1.23 bits per heavy atom. The van der Waals surface area contributed by atoms with Gasteiger partial charge in [0.05, 0.1) is 5.54 Å². The first-order chi connectivity index (χ1) is 10.3. The van der Waals surface area contributed by atoms with Gasteiger partial charge in [0, 0.05) is 5.56 Å². The van der Waals surface area contributed by atoms with Crippen molar-refractivity contribution in [3.8, 4) is 11.3 Å². The van der Waals surface area contributed by atoms with Crippen LogP contribution in [0, 0.1) is 0 Å². The molecule has 0 fully saturated rings. The standard InChI is InChI=1S/C14H16N6O2/c1-14(2,3)20-12(15)10(13(16)21)11(17-20)7-4-5-8-9(6-7)19-22-18-8/h4-6H,15H2,1-3H3,(H2,16,21). The minimum atomic E-state index is -0.624. The van der Waals surface area contributed by atoms with Crippen molar-refractivity contribution in [2.24, 2.45) is 5.73 Å².